The molecule has 0 aliphatic carbocycles. The summed E-state index contributed by atoms with van der Waals surface area (Å²) in [5, 5.41) is 16.3. The van der Waals surface area contributed by atoms with E-state index in [4.69, 9.17) is 10.2 Å². The predicted molar refractivity (Wildman–Crippen MR) is 238 cm³/mol. The van der Waals surface area contributed by atoms with Gasteiger partial charge in [0.05, 0.1) is 59.0 Å². The van der Waals surface area contributed by atoms with E-state index in [1.807, 2.05) is 101 Å². The molecule has 8 heterocycles. The van der Waals surface area contributed by atoms with Gasteiger partial charge in [0.1, 0.15) is 11.4 Å². The van der Waals surface area contributed by atoms with Gasteiger partial charge in [0.25, 0.3) is 11.8 Å². The Morgan fingerprint density at radius 2 is 1.19 bits per heavy atom. The van der Waals surface area contributed by atoms with Crippen molar-refractivity contribution in [3.05, 3.63) is 157 Å². The minimum Gasteiger partial charge on any atom is -0.352 e. The van der Waals surface area contributed by atoms with Gasteiger partial charge < -0.3 is 20.4 Å². The first kappa shape index (κ1) is 40.5. The molecule has 2 aliphatic rings. The first-order valence-electron chi connectivity index (χ1n) is 21.4. The first-order valence-corrected chi connectivity index (χ1v) is 21.4. The van der Waals surface area contributed by atoms with Crippen LogP contribution in [-0.4, -0.2) is 99.0 Å². The Labute approximate surface area is 367 Å². The fourth-order valence-corrected chi connectivity index (χ4v) is 9.24. The summed E-state index contributed by atoms with van der Waals surface area (Å²) >= 11 is 0. The zero-order chi connectivity index (χ0) is 43.7. The molecule has 2 saturated heterocycles. The highest BCUT2D eigenvalue weighted by Gasteiger charge is 2.39. The molecule has 6 aromatic heterocycles. The molecule has 64 heavy (non-hydrogen) atoms. The Kier molecular flexibility index (Phi) is 10.9. The van der Waals surface area contributed by atoms with Crippen molar-refractivity contribution in [3.8, 4) is 22.5 Å². The molecule has 0 bridgehead atoms. The van der Waals surface area contributed by atoms with Crippen LogP contribution in [0.1, 0.15) is 58.4 Å². The molecule has 2 aliphatic heterocycles. The average Bonchev–Trinajstić information content (AvgIpc) is 4.06. The van der Waals surface area contributed by atoms with E-state index < -0.39 is 11.6 Å². The van der Waals surface area contributed by atoms with Crippen molar-refractivity contribution in [2.75, 3.05) is 36.8 Å². The molecule has 2 amide bonds. The number of benzene rings is 2. The summed E-state index contributed by atoms with van der Waals surface area (Å²) < 4.78 is 30.7. The second kappa shape index (κ2) is 17.3. The third kappa shape index (κ3) is 7.86. The Hall–Kier alpha value is -7.62. The van der Waals surface area contributed by atoms with E-state index in [1.165, 1.54) is 0 Å². The molecule has 0 saturated carbocycles. The maximum atomic E-state index is 15.0. The van der Waals surface area contributed by atoms with E-state index in [2.05, 4.69) is 49.6 Å². The molecule has 2 aromatic carbocycles. The second-order valence-corrected chi connectivity index (χ2v) is 16.4. The maximum Gasteiger partial charge on any atom is 0.258 e. The van der Waals surface area contributed by atoms with Crippen molar-refractivity contribution in [2.45, 2.75) is 44.2 Å². The summed E-state index contributed by atoms with van der Waals surface area (Å²) in [6.07, 6.45) is 10.6. The standard InChI is InChI=1S/C48H44F2N12O2/c1-30-10-9-19-59(40(30)28-56-48-53-25-36(50)26-54-48)45(63)41-38-13-5-7-20-61(38)58-44(41)33-17-15-31(16-18-33)34-22-37(27-55-47-51-23-35(49)24-52-47)60(29-34)46(64)42-39-14-6-8-21-62(39)57-43(42)32-11-3-2-4-12-32/h2-8,11-18,20-21,23-26,30,34,37,40H,9-10,19,22,27-29H2,1H3,(H,51,52,55)(H,53,54,56)/t30-,34?,37?,40-/m1/s1. The van der Waals surface area contributed by atoms with Gasteiger partial charge in [-0.15, -0.1) is 0 Å². The van der Waals surface area contributed by atoms with Crippen molar-refractivity contribution in [1.82, 2.24) is 49.0 Å². The molecule has 8 aromatic rings. The van der Waals surface area contributed by atoms with Gasteiger partial charge in [0.2, 0.25) is 11.9 Å². The van der Waals surface area contributed by atoms with E-state index in [1.54, 1.807) is 9.03 Å². The maximum absolute atomic E-state index is 15.0. The number of rotatable bonds is 11. The number of hydrogen-bond donors (Lipinski definition) is 2. The lowest BCUT2D eigenvalue weighted by Crippen LogP contribution is -2.51. The fourth-order valence-electron chi connectivity index (χ4n) is 9.24. The van der Waals surface area contributed by atoms with Gasteiger partial charge in [0.15, 0.2) is 11.6 Å². The number of likely N-dealkylation sites (tertiary alicyclic amines) is 2. The number of carbonyl (C=O) groups excluding carboxylic acids is 2. The lowest BCUT2D eigenvalue weighted by Gasteiger charge is -2.40. The quantitative estimate of drug-likeness (QED) is 0.133. The van der Waals surface area contributed by atoms with Crippen LogP contribution in [0.2, 0.25) is 0 Å². The normalized spacial score (nSPS) is 18.7. The summed E-state index contributed by atoms with van der Waals surface area (Å²) in [5.41, 5.74) is 6.24. The van der Waals surface area contributed by atoms with E-state index in [0.717, 1.165) is 54.3 Å². The molecule has 0 radical (unpaired) electrons. The smallest absolute Gasteiger partial charge is 0.258 e. The Morgan fingerprint density at radius 1 is 0.656 bits per heavy atom. The number of anilines is 2. The second-order valence-electron chi connectivity index (χ2n) is 16.4. The molecule has 16 heteroatoms. The van der Waals surface area contributed by atoms with Crippen molar-refractivity contribution in [2.24, 2.45) is 5.92 Å². The highest BCUT2D eigenvalue weighted by molar-refractivity contribution is 6.07. The third-order valence-corrected chi connectivity index (χ3v) is 12.5. The van der Waals surface area contributed by atoms with E-state index >= 15 is 0 Å². The van der Waals surface area contributed by atoms with Crippen LogP contribution >= 0.6 is 0 Å². The Morgan fingerprint density at radius 3 is 1.78 bits per heavy atom. The Bertz CT molecular complexity index is 2940. The molecular weight excluding hydrogens is 815 g/mol. The summed E-state index contributed by atoms with van der Waals surface area (Å²) in [7, 11) is 0. The van der Waals surface area contributed by atoms with Gasteiger partial charge in [-0.3, -0.25) is 9.59 Å². The lowest BCUT2D eigenvalue weighted by atomic mass is 9.89. The minimum atomic E-state index is -0.537. The molecule has 0 spiro atoms. The molecule has 14 nitrogen and oxygen atoms in total. The van der Waals surface area contributed by atoms with Crippen LogP contribution in [-0.2, 0) is 0 Å². The zero-order valence-electron chi connectivity index (χ0n) is 34.9. The van der Waals surface area contributed by atoms with Crippen LogP contribution in [0.5, 0.6) is 0 Å². The van der Waals surface area contributed by atoms with Gasteiger partial charge >= 0.3 is 0 Å². The van der Waals surface area contributed by atoms with Crippen molar-refractivity contribution < 1.29 is 18.4 Å². The van der Waals surface area contributed by atoms with Gasteiger partial charge in [-0.2, -0.15) is 10.2 Å². The Balaban J connectivity index is 0.952. The van der Waals surface area contributed by atoms with Crippen LogP contribution in [0.15, 0.2) is 128 Å². The van der Waals surface area contributed by atoms with E-state index in [0.29, 0.717) is 72.1 Å². The summed E-state index contributed by atoms with van der Waals surface area (Å²) in [6, 6.07) is 28.8. The van der Waals surface area contributed by atoms with Crippen molar-refractivity contribution in [1.29, 1.82) is 0 Å². The summed E-state index contributed by atoms with van der Waals surface area (Å²) in [6.45, 7) is 3.88. The summed E-state index contributed by atoms with van der Waals surface area (Å²) in [4.78, 5) is 50.0. The highest BCUT2D eigenvalue weighted by atomic mass is 19.1. The van der Waals surface area contributed by atoms with Crippen molar-refractivity contribution >= 4 is 34.7 Å². The lowest BCUT2D eigenvalue weighted by molar-refractivity contribution is 0.0542. The number of halogens is 2. The number of nitrogens with one attached hydrogen (secondary N) is 2. The highest BCUT2D eigenvalue weighted by Crippen LogP contribution is 2.38. The number of fused-ring (bicyclic) bond motifs is 2. The first-order chi connectivity index (χ1) is 31.3. The van der Waals surface area contributed by atoms with Gasteiger partial charge in [0, 0.05) is 55.6 Å². The van der Waals surface area contributed by atoms with Crippen molar-refractivity contribution in [3.63, 3.8) is 0 Å². The average molecular weight is 859 g/mol. The van der Waals surface area contributed by atoms with Crippen LogP contribution in [0, 0.1) is 17.6 Å². The SMILES string of the molecule is C[C@@H]1CCCN(C(=O)c2c(-c3ccc(C4CC(CNc5ncc(F)cn5)N(C(=O)c5c(-c6ccccc6)nn6ccccc56)C4)cc3)nn3ccccc23)[C@@H]1CNc1ncc(F)cn1. The van der Waals surface area contributed by atoms with E-state index in [-0.39, 0.29) is 41.7 Å². The number of aromatic nitrogens is 8. The number of hydrogen-bond acceptors (Lipinski definition) is 10. The molecule has 2 unspecified atom stereocenters. The molecule has 322 valence electrons. The molecule has 2 fully saturated rings. The largest absolute Gasteiger partial charge is 0.352 e. The van der Waals surface area contributed by atoms with Crippen LogP contribution in [0.4, 0.5) is 20.7 Å². The van der Waals surface area contributed by atoms with E-state index in [9.17, 15) is 18.4 Å². The molecule has 4 atom stereocenters. The van der Waals surface area contributed by atoms with Gasteiger partial charge in [-0.05, 0) is 55.0 Å². The topological polar surface area (TPSA) is 151 Å². The van der Waals surface area contributed by atoms with Gasteiger partial charge in [-0.1, -0.05) is 73.7 Å². The number of carbonyl (C=O) groups is 2. The number of nitrogens with zero attached hydrogens (tertiary/aromatic N) is 10. The monoisotopic (exact) mass is 858 g/mol. The predicted octanol–water partition coefficient (Wildman–Crippen LogP) is 7.64. The van der Waals surface area contributed by atoms with Crippen LogP contribution in [0.3, 0.4) is 0 Å². The molecule has 2 N–H and O–H groups in total. The number of amides is 2. The fraction of sp³-hybridized carbons (Fsp3) is 0.250. The van der Waals surface area contributed by atoms with Crippen LogP contribution in [0.25, 0.3) is 33.5 Å². The summed E-state index contributed by atoms with van der Waals surface area (Å²) in [5.74, 6) is -0.611. The number of pyridine rings is 2. The zero-order valence-corrected chi connectivity index (χ0v) is 34.9. The van der Waals surface area contributed by atoms with Gasteiger partial charge in [-0.25, -0.2) is 37.7 Å². The third-order valence-electron chi connectivity index (χ3n) is 12.5. The number of piperidine rings is 1. The van der Waals surface area contributed by atoms with Crippen LogP contribution < -0.4 is 10.6 Å². The molecule has 10 rings (SSSR count). The molecular formula is C48H44F2N12O2. The minimum absolute atomic E-state index is 0.0451.